The number of carbonyl (C=O) groups excluding carboxylic acids is 1. The maximum absolute atomic E-state index is 13.1. The number of carbonyl (C=O) groups is 1. The number of aliphatic hydroxyl groups is 1. The molecule has 0 radical (unpaired) electrons. The highest BCUT2D eigenvalue weighted by molar-refractivity contribution is 6.25. The first-order valence-corrected chi connectivity index (χ1v) is 10.1. The van der Waals surface area contributed by atoms with Gasteiger partial charge in [-0.25, -0.2) is 0 Å². The number of ketones is 1. The zero-order valence-corrected chi connectivity index (χ0v) is 17.0. The van der Waals surface area contributed by atoms with Crippen LogP contribution < -0.4 is 4.74 Å². The first kappa shape index (κ1) is 21.7. The van der Waals surface area contributed by atoms with E-state index in [-0.39, 0.29) is 35.2 Å². The largest absolute Gasteiger partial charge is 0.573 e. The van der Waals surface area contributed by atoms with Crippen molar-refractivity contribution >= 4 is 11.4 Å². The predicted molar refractivity (Wildman–Crippen MR) is 103 cm³/mol. The molecule has 2 aliphatic rings. The molecule has 0 unspecified atom stereocenters. The van der Waals surface area contributed by atoms with Gasteiger partial charge in [0.25, 0.3) is 0 Å². The molecule has 1 spiro atoms. The maximum atomic E-state index is 13.1. The Morgan fingerprint density at radius 2 is 2.00 bits per heavy atom. The molecule has 1 aromatic carbocycles. The van der Waals surface area contributed by atoms with E-state index < -0.39 is 17.5 Å². The molecule has 0 heterocycles. The van der Waals surface area contributed by atoms with Crippen LogP contribution in [0.4, 0.5) is 13.2 Å². The molecule has 3 rings (SSSR count). The monoisotopic (exact) mass is 412 g/mol. The summed E-state index contributed by atoms with van der Waals surface area (Å²) in [6.45, 7) is 5.90. The van der Waals surface area contributed by atoms with Crippen LogP contribution in [-0.2, 0) is 16.0 Å². The summed E-state index contributed by atoms with van der Waals surface area (Å²) in [6, 6.07) is 3.01. The van der Waals surface area contributed by atoms with Crippen LogP contribution in [0, 0.1) is 12.3 Å². The van der Waals surface area contributed by atoms with Gasteiger partial charge in [0.2, 0.25) is 0 Å². The molecule has 0 aromatic heterocycles. The van der Waals surface area contributed by atoms with Crippen LogP contribution in [-0.4, -0.2) is 30.0 Å². The fraction of sp³-hybridized carbons (Fsp3) is 0.591. The third kappa shape index (κ3) is 4.29. The Kier molecular flexibility index (Phi) is 5.99. The molecule has 1 saturated carbocycles. The van der Waals surface area contributed by atoms with Crippen molar-refractivity contribution in [3.05, 3.63) is 34.6 Å². The van der Waals surface area contributed by atoms with Gasteiger partial charge < -0.3 is 14.6 Å². The van der Waals surface area contributed by atoms with Crippen molar-refractivity contribution < 1.29 is 32.5 Å². The second-order valence-electron chi connectivity index (χ2n) is 7.98. The number of Topliss-reactive ketones (excluding diaryl/α,β-unsaturated/α-hetero) is 1. The van der Waals surface area contributed by atoms with Gasteiger partial charge in [-0.05, 0) is 63.1 Å². The van der Waals surface area contributed by atoms with E-state index in [0.29, 0.717) is 37.0 Å². The second-order valence-corrected chi connectivity index (χ2v) is 7.98. The topological polar surface area (TPSA) is 55.8 Å². The van der Waals surface area contributed by atoms with Crippen molar-refractivity contribution in [2.45, 2.75) is 71.8 Å². The van der Waals surface area contributed by atoms with Crippen LogP contribution in [0.1, 0.15) is 62.6 Å². The van der Waals surface area contributed by atoms with E-state index in [1.807, 2.05) is 6.92 Å². The lowest BCUT2D eigenvalue weighted by atomic mass is 9.71. The highest BCUT2D eigenvalue weighted by atomic mass is 19.4. The molecular formula is C22H27F3O4. The minimum atomic E-state index is -4.89. The van der Waals surface area contributed by atoms with Crippen LogP contribution in [0.3, 0.4) is 0 Å². The lowest BCUT2D eigenvalue weighted by Gasteiger charge is -2.37. The Bertz CT molecular complexity index is 826. The number of aryl methyl sites for hydroxylation is 2. The SMILES string of the molecule is CCO[C@H]1CCC[C@]2(CC(=O)C(c3c(CC)cc(C)cc3OC(F)(F)F)=C2O)C1. The Hall–Kier alpha value is -2.02. The van der Waals surface area contributed by atoms with Gasteiger partial charge in [-0.2, -0.15) is 0 Å². The number of hydrogen-bond acceptors (Lipinski definition) is 4. The average molecular weight is 412 g/mol. The van der Waals surface area contributed by atoms with Crippen LogP contribution in [0.5, 0.6) is 5.75 Å². The van der Waals surface area contributed by atoms with Crippen LogP contribution in [0.25, 0.3) is 5.57 Å². The quantitative estimate of drug-likeness (QED) is 0.678. The van der Waals surface area contributed by atoms with Gasteiger partial charge in [0, 0.05) is 24.0 Å². The van der Waals surface area contributed by atoms with Crippen molar-refractivity contribution in [3.8, 4) is 5.75 Å². The molecule has 7 heteroatoms. The molecule has 0 bridgehead atoms. The minimum Gasteiger partial charge on any atom is -0.511 e. The number of alkyl halides is 3. The normalized spacial score (nSPS) is 25.2. The first-order chi connectivity index (χ1) is 13.6. The Morgan fingerprint density at radius 3 is 2.62 bits per heavy atom. The van der Waals surface area contributed by atoms with Gasteiger partial charge in [-0.3, -0.25) is 4.79 Å². The summed E-state index contributed by atoms with van der Waals surface area (Å²) in [5.74, 6) is -0.888. The summed E-state index contributed by atoms with van der Waals surface area (Å²) in [7, 11) is 0. The average Bonchev–Trinajstić information content (AvgIpc) is 2.83. The van der Waals surface area contributed by atoms with E-state index in [4.69, 9.17) is 4.74 Å². The molecule has 0 aliphatic heterocycles. The highest BCUT2D eigenvalue weighted by Crippen LogP contribution is 2.54. The van der Waals surface area contributed by atoms with E-state index in [9.17, 15) is 23.1 Å². The van der Waals surface area contributed by atoms with Gasteiger partial charge in [0.15, 0.2) is 5.78 Å². The Morgan fingerprint density at radius 1 is 1.28 bits per heavy atom. The van der Waals surface area contributed by atoms with Crippen LogP contribution in [0.2, 0.25) is 0 Å². The number of allylic oxidation sites excluding steroid dienone is 2. The summed E-state index contributed by atoms with van der Waals surface area (Å²) in [5, 5.41) is 11.2. The second kappa shape index (κ2) is 8.01. The molecular weight excluding hydrogens is 385 g/mol. The third-order valence-electron chi connectivity index (χ3n) is 5.90. The number of aliphatic hydroxyl groups excluding tert-OH is 1. The van der Waals surface area contributed by atoms with Crippen molar-refractivity contribution in [1.29, 1.82) is 0 Å². The van der Waals surface area contributed by atoms with E-state index in [1.165, 1.54) is 6.07 Å². The lowest BCUT2D eigenvalue weighted by Crippen LogP contribution is -2.33. The van der Waals surface area contributed by atoms with Gasteiger partial charge >= 0.3 is 6.36 Å². The lowest BCUT2D eigenvalue weighted by molar-refractivity contribution is -0.274. The van der Waals surface area contributed by atoms with Gasteiger partial charge in [-0.15, -0.1) is 13.2 Å². The van der Waals surface area contributed by atoms with Crippen molar-refractivity contribution in [2.75, 3.05) is 6.61 Å². The van der Waals surface area contributed by atoms with Crippen molar-refractivity contribution in [2.24, 2.45) is 5.41 Å². The molecule has 2 atom stereocenters. The minimum absolute atomic E-state index is 0.0294. The molecule has 4 nitrogen and oxygen atoms in total. The summed E-state index contributed by atoms with van der Waals surface area (Å²) in [5.41, 5.74) is 0.412. The molecule has 2 aliphatic carbocycles. The first-order valence-electron chi connectivity index (χ1n) is 10.1. The Labute approximate surface area is 168 Å². The fourth-order valence-electron chi connectivity index (χ4n) is 4.79. The summed E-state index contributed by atoms with van der Waals surface area (Å²) < 4.78 is 49.2. The molecule has 0 saturated heterocycles. The van der Waals surface area contributed by atoms with Gasteiger partial charge in [-0.1, -0.05) is 13.0 Å². The van der Waals surface area contributed by atoms with E-state index in [1.54, 1.807) is 19.9 Å². The summed E-state index contributed by atoms with van der Waals surface area (Å²) >= 11 is 0. The highest BCUT2D eigenvalue weighted by Gasteiger charge is 2.50. The zero-order valence-electron chi connectivity index (χ0n) is 17.0. The molecule has 29 heavy (non-hydrogen) atoms. The number of ether oxygens (including phenoxy) is 2. The number of hydrogen-bond donors (Lipinski definition) is 1. The molecule has 1 N–H and O–H groups in total. The van der Waals surface area contributed by atoms with Crippen molar-refractivity contribution in [3.63, 3.8) is 0 Å². The van der Waals surface area contributed by atoms with E-state index >= 15 is 0 Å². The standard InChI is InChI=1S/C22H27F3O4/c1-4-14-9-13(3)10-17(29-22(23,24)25)18(14)19-16(26)12-21(20(19)27)8-6-7-15(11-21)28-5-2/h9-10,15,27H,4-8,11-12H2,1-3H3/t15-,21+/m0/s1. The molecule has 1 aromatic rings. The number of benzene rings is 1. The molecule has 0 amide bonds. The fourth-order valence-corrected chi connectivity index (χ4v) is 4.79. The zero-order chi connectivity index (χ0) is 21.4. The predicted octanol–water partition coefficient (Wildman–Crippen LogP) is 5.66. The number of halogens is 3. The van der Waals surface area contributed by atoms with Gasteiger partial charge in [0.1, 0.15) is 11.5 Å². The maximum Gasteiger partial charge on any atom is 0.573 e. The third-order valence-corrected chi connectivity index (χ3v) is 5.90. The van der Waals surface area contributed by atoms with Crippen LogP contribution in [0.15, 0.2) is 17.9 Å². The molecule has 1 fully saturated rings. The smallest absolute Gasteiger partial charge is 0.511 e. The summed E-state index contributed by atoms with van der Waals surface area (Å²) in [6.07, 6.45) is -1.74. The number of rotatable bonds is 5. The van der Waals surface area contributed by atoms with Crippen LogP contribution >= 0.6 is 0 Å². The van der Waals surface area contributed by atoms with E-state index in [0.717, 1.165) is 12.8 Å². The summed E-state index contributed by atoms with van der Waals surface area (Å²) in [4.78, 5) is 13.0. The van der Waals surface area contributed by atoms with E-state index in [2.05, 4.69) is 4.74 Å². The molecule has 160 valence electrons. The Balaban J connectivity index is 2.14. The van der Waals surface area contributed by atoms with Gasteiger partial charge in [0.05, 0.1) is 11.7 Å². The van der Waals surface area contributed by atoms with Crippen molar-refractivity contribution in [1.82, 2.24) is 0 Å².